The van der Waals surface area contributed by atoms with Crippen molar-refractivity contribution in [3.8, 4) is 5.82 Å². The normalized spacial score (nSPS) is 11.5. The topological polar surface area (TPSA) is 137 Å². The fourth-order valence-electron chi connectivity index (χ4n) is 3.02. The van der Waals surface area contributed by atoms with Gasteiger partial charge in [-0.1, -0.05) is 47.1 Å². The number of carbonyl (C=O) groups is 1. The summed E-state index contributed by atoms with van der Waals surface area (Å²) in [6, 6.07) is 17.4. The van der Waals surface area contributed by atoms with Gasteiger partial charge in [0.25, 0.3) is 5.91 Å². The number of carbonyl (C=O) groups excluding carboxylic acids is 1. The quantitative estimate of drug-likeness (QED) is 0.202. The van der Waals surface area contributed by atoms with Crippen molar-refractivity contribution in [2.24, 2.45) is 5.10 Å². The van der Waals surface area contributed by atoms with Gasteiger partial charge in [-0.25, -0.2) is 10.1 Å². The Balaban J connectivity index is 1.50. The predicted molar refractivity (Wildman–Crippen MR) is 130 cm³/mol. The average molecular weight is 497 g/mol. The first kappa shape index (κ1) is 23.5. The number of halogens is 1. The van der Waals surface area contributed by atoms with E-state index in [2.05, 4.69) is 47.9 Å². The van der Waals surface area contributed by atoms with Gasteiger partial charge in [-0.3, -0.25) is 4.79 Å². The number of nitrogens with two attached hydrogens (primary N) is 1. The van der Waals surface area contributed by atoms with Gasteiger partial charge in [0.2, 0.25) is 11.6 Å². The first-order chi connectivity index (χ1) is 16.5. The molecule has 0 spiro atoms. The summed E-state index contributed by atoms with van der Waals surface area (Å²) in [6.45, 7) is 1.86. The van der Waals surface area contributed by atoms with Gasteiger partial charge in [0, 0.05) is 21.4 Å². The lowest BCUT2D eigenvalue weighted by Crippen LogP contribution is -2.21. The Hall–Kier alpha value is -3.70. The summed E-state index contributed by atoms with van der Waals surface area (Å²) >= 11 is 7.44. The summed E-state index contributed by atoms with van der Waals surface area (Å²) in [4.78, 5) is 13.9. The Labute approximate surface area is 204 Å². The molecule has 0 aliphatic carbocycles. The van der Waals surface area contributed by atoms with Gasteiger partial charge in [-0.15, -0.1) is 16.9 Å². The zero-order valence-electron chi connectivity index (χ0n) is 18.2. The van der Waals surface area contributed by atoms with Crippen LogP contribution in [0.2, 0.25) is 5.02 Å². The van der Waals surface area contributed by atoms with Crippen LogP contribution in [0.1, 0.15) is 35.1 Å². The number of amides is 1. The highest BCUT2D eigenvalue weighted by Gasteiger charge is 2.24. The van der Waals surface area contributed by atoms with Crippen LogP contribution in [0.3, 0.4) is 0 Å². The average Bonchev–Trinajstić information content (AvgIpc) is 3.47. The molecule has 0 aliphatic rings. The van der Waals surface area contributed by atoms with Crippen LogP contribution >= 0.6 is 23.4 Å². The van der Waals surface area contributed by atoms with E-state index < -0.39 is 5.91 Å². The molecule has 0 saturated heterocycles. The number of nitrogen functional groups attached to an aromatic ring is 1. The van der Waals surface area contributed by atoms with Crippen molar-refractivity contribution in [1.82, 2.24) is 30.7 Å². The molecule has 10 nitrogen and oxygen atoms in total. The molecule has 34 heavy (non-hydrogen) atoms. The molecule has 2 aromatic carbocycles. The number of hydrogen-bond donors (Lipinski definition) is 2. The highest BCUT2D eigenvalue weighted by atomic mass is 35.5. The number of thioether (sulfide) groups is 1. The second-order valence-electron chi connectivity index (χ2n) is 7.29. The molecular weight excluding hydrogens is 476 g/mol. The van der Waals surface area contributed by atoms with Crippen molar-refractivity contribution in [1.29, 1.82) is 0 Å². The third-order valence-corrected chi connectivity index (χ3v) is 6.11. The molecule has 0 radical (unpaired) electrons. The first-order valence-corrected chi connectivity index (χ1v) is 11.7. The Morgan fingerprint density at radius 1 is 1.18 bits per heavy atom. The molecule has 0 saturated carbocycles. The Morgan fingerprint density at radius 2 is 1.94 bits per heavy atom. The van der Waals surface area contributed by atoms with Crippen molar-refractivity contribution >= 4 is 40.8 Å². The van der Waals surface area contributed by atoms with E-state index in [0.29, 0.717) is 22.9 Å². The largest absolute Gasteiger partial charge is 0.378 e. The number of aryl methyl sites for hydroxylation is 1. The van der Waals surface area contributed by atoms with E-state index in [0.717, 1.165) is 17.0 Å². The van der Waals surface area contributed by atoms with Crippen LogP contribution in [0.5, 0.6) is 0 Å². The molecule has 2 heterocycles. The molecular formula is C22H21ClN8O2S. The van der Waals surface area contributed by atoms with Crippen LogP contribution in [-0.4, -0.2) is 36.9 Å². The number of nitrogens with one attached hydrogen (secondary N) is 1. The van der Waals surface area contributed by atoms with Crippen LogP contribution in [0.15, 0.2) is 69.2 Å². The molecule has 4 rings (SSSR count). The molecule has 174 valence electrons. The number of benzene rings is 2. The molecule has 0 aliphatic heterocycles. The van der Waals surface area contributed by atoms with Crippen LogP contribution < -0.4 is 11.2 Å². The van der Waals surface area contributed by atoms with E-state index in [-0.39, 0.29) is 17.3 Å². The summed E-state index contributed by atoms with van der Waals surface area (Å²) < 4.78 is 6.03. The van der Waals surface area contributed by atoms with Crippen molar-refractivity contribution in [3.05, 3.63) is 76.6 Å². The third kappa shape index (κ3) is 5.80. The van der Waals surface area contributed by atoms with Gasteiger partial charge >= 0.3 is 0 Å². The monoisotopic (exact) mass is 496 g/mol. The molecule has 1 amide bonds. The molecule has 0 bridgehead atoms. The number of hydrogen-bond acceptors (Lipinski definition) is 9. The van der Waals surface area contributed by atoms with Gasteiger partial charge in [-0.05, 0) is 59.9 Å². The molecule has 0 fully saturated rings. The van der Waals surface area contributed by atoms with Crippen molar-refractivity contribution in [3.63, 3.8) is 0 Å². The summed E-state index contributed by atoms with van der Waals surface area (Å²) in [5.41, 5.74) is 11.0. The first-order valence-electron chi connectivity index (χ1n) is 10.3. The number of hydrazone groups is 1. The number of aromatic nitrogens is 5. The minimum absolute atomic E-state index is 0.0318. The number of nitrogens with zero attached hydrogens (tertiary/aromatic N) is 6. The number of rotatable bonds is 9. The lowest BCUT2D eigenvalue weighted by Gasteiger charge is -2.06. The standard InChI is InChI=1S/C22H21ClN8O2S/c1-14(7-8-15-5-3-2-4-6-15)25-27-22(32)19-18(13-34-17-11-9-16(23)10-12-17)31(30-26-19)21-20(24)28-33-29-21/h2-6,9-12H,7-8,13H2,1H3,(H2,24,28)(H,27,32). The fraction of sp³-hybridized carbons (Fsp3) is 0.182. The van der Waals surface area contributed by atoms with Gasteiger partial charge in [0.05, 0.1) is 5.69 Å². The van der Waals surface area contributed by atoms with E-state index in [1.54, 1.807) is 12.1 Å². The summed E-state index contributed by atoms with van der Waals surface area (Å²) in [5, 5.41) is 20.3. The second-order valence-corrected chi connectivity index (χ2v) is 8.77. The highest BCUT2D eigenvalue weighted by Crippen LogP contribution is 2.27. The van der Waals surface area contributed by atoms with Crippen LogP contribution in [0.25, 0.3) is 5.82 Å². The Kier molecular flexibility index (Phi) is 7.55. The van der Waals surface area contributed by atoms with Gasteiger partial charge < -0.3 is 5.73 Å². The van der Waals surface area contributed by atoms with Crippen molar-refractivity contribution < 1.29 is 9.42 Å². The van der Waals surface area contributed by atoms with E-state index in [9.17, 15) is 4.79 Å². The van der Waals surface area contributed by atoms with E-state index in [1.807, 2.05) is 37.3 Å². The Morgan fingerprint density at radius 3 is 2.65 bits per heavy atom. The van der Waals surface area contributed by atoms with Crippen LogP contribution in [0.4, 0.5) is 5.82 Å². The zero-order valence-corrected chi connectivity index (χ0v) is 19.8. The molecule has 3 N–H and O–H groups in total. The van der Waals surface area contributed by atoms with E-state index >= 15 is 0 Å². The SMILES string of the molecule is CC(CCc1ccccc1)=NNC(=O)c1nnn(-c2nonc2N)c1CSc1ccc(Cl)cc1. The maximum Gasteiger partial charge on any atom is 0.293 e. The lowest BCUT2D eigenvalue weighted by molar-refractivity contribution is 0.0949. The summed E-state index contributed by atoms with van der Waals surface area (Å²) in [6.07, 6.45) is 1.53. The summed E-state index contributed by atoms with van der Waals surface area (Å²) in [5.74, 6) is 0.0395. The van der Waals surface area contributed by atoms with Crippen LogP contribution in [-0.2, 0) is 12.2 Å². The lowest BCUT2D eigenvalue weighted by atomic mass is 10.1. The van der Waals surface area contributed by atoms with Gasteiger partial charge in [-0.2, -0.15) is 9.78 Å². The maximum absolute atomic E-state index is 12.9. The van der Waals surface area contributed by atoms with E-state index in [4.69, 9.17) is 17.3 Å². The maximum atomic E-state index is 12.9. The Bertz CT molecular complexity index is 1290. The van der Waals surface area contributed by atoms with Gasteiger partial charge in [0.15, 0.2) is 5.69 Å². The van der Waals surface area contributed by atoms with Crippen molar-refractivity contribution in [2.75, 3.05) is 5.73 Å². The van der Waals surface area contributed by atoms with Crippen LogP contribution in [0, 0.1) is 0 Å². The third-order valence-electron chi connectivity index (χ3n) is 4.83. The molecule has 4 aromatic rings. The fourth-order valence-corrected chi connectivity index (χ4v) is 4.04. The predicted octanol–water partition coefficient (Wildman–Crippen LogP) is 3.92. The van der Waals surface area contributed by atoms with Gasteiger partial charge in [0.1, 0.15) is 0 Å². The molecule has 2 aromatic heterocycles. The second kappa shape index (κ2) is 10.9. The minimum Gasteiger partial charge on any atom is -0.378 e. The van der Waals surface area contributed by atoms with Crippen molar-refractivity contribution in [2.45, 2.75) is 30.4 Å². The zero-order chi connectivity index (χ0) is 23.9. The van der Waals surface area contributed by atoms with E-state index in [1.165, 1.54) is 22.0 Å². The smallest absolute Gasteiger partial charge is 0.293 e. The molecule has 0 unspecified atom stereocenters. The summed E-state index contributed by atoms with van der Waals surface area (Å²) in [7, 11) is 0. The molecule has 12 heteroatoms. The number of anilines is 1. The highest BCUT2D eigenvalue weighted by molar-refractivity contribution is 7.98. The molecule has 0 atom stereocenters. The minimum atomic E-state index is -0.493.